The highest BCUT2D eigenvalue weighted by atomic mass is 16.3. The van der Waals surface area contributed by atoms with Gasteiger partial charge in [-0.05, 0) is 31.9 Å². The van der Waals surface area contributed by atoms with Gasteiger partial charge >= 0.3 is 0 Å². The predicted molar refractivity (Wildman–Crippen MR) is 69.3 cm³/mol. The van der Waals surface area contributed by atoms with E-state index in [0.29, 0.717) is 0 Å². The molecule has 0 radical (unpaired) electrons. The number of anilines is 1. The molecule has 1 aromatic rings. The molecule has 1 aliphatic carbocycles. The van der Waals surface area contributed by atoms with Crippen molar-refractivity contribution in [2.24, 2.45) is 5.73 Å². The average Bonchev–Trinajstić information content (AvgIpc) is 2.70. The van der Waals surface area contributed by atoms with Gasteiger partial charge in [0.2, 0.25) is 5.91 Å². The second-order valence-electron chi connectivity index (χ2n) is 5.11. The summed E-state index contributed by atoms with van der Waals surface area (Å²) in [6.45, 7) is 1.80. The van der Waals surface area contributed by atoms with Crippen LogP contribution in [0.5, 0.6) is 5.75 Å². The number of hydrogen-bond donors (Lipinski definition) is 3. The van der Waals surface area contributed by atoms with E-state index in [1.165, 1.54) is 6.07 Å². The monoisotopic (exact) mass is 249 g/mol. The molecule has 5 nitrogen and oxygen atoms in total. The van der Waals surface area contributed by atoms with Crippen LogP contribution in [0.4, 0.5) is 5.82 Å². The summed E-state index contributed by atoms with van der Waals surface area (Å²) in [5, 5.41) is 12.2. The summed E-state index contributed by atoms with van der Waals surface area (Å²) >= 11 is 0. The van der Waals surface area contributed by atoms with Crippen LogP contribution in [0.15, 0.2) is 12.1 Å². The molecule has 0 aromatic carbocycles. The fourth-order valence-corrected chi connectivity index (χ4v) is 2.39. The number of aromatic nitrogens is 1. The van der Waals surface area contributed by atoms with Crippen molar-refractivity contribution >= 4 is 11.7 Å². The minimum absolute atomic E-state index is 0.0218. The van der Waals surface area contributed by atoms with E-state index in [1.54, 1.807) is 13.0 Å². The maximum Gasteiger partial charge on any atom is 0.227 e. The van der Waals surface area contributed by atoms with Gasteiger partial charge in [0.15, 0.2) is 11.6 Å². The minimum Gasteiger partial charge on any atom is -0.504 e. The van der Waals surface area contributed by atoms with Crippen molar-refractivity contribution in [3.05, 3.63) is 17.8 Å². The number of aryl methyl sites for hydroxylation is 1. The van der Waals surface area contributed by atoms with E-state index in [9.17, 15) is 9.90 Å². The highest BCUT2D eigenvalue weighted by molar-refractivity contribution is 5.91. The molecule has 0 spiro atoms. The van der Waals surface area contributed by atoms with Gasteiger partial charge in [0, 0.05) is 17.7 Å². The Morgan fingerprint density at radius 2 is 2.17 bits per heavy atom. The van der Waals surface area contributed by atoms with E-state index in [0.717, 1.165) is 31.4 Å². The normalized spacial score (nSPS) is 17.7. The Morgan fingerprint density at radius 1 is 1.50 bits per heavy atom. The molecule has 0 saturated heterocycles. The van der Waals surface area contributed by atoms with Crippen LogP contribution in [-0.2, 0) is 4.79 Å². The molecule has 1 heterocycles. The fourth-order valence-electron chi connectivity index (χ4n) is 2.39. The molecule has 1 fully saturated rings. The van der Waals surface area contributed by atoms with Crippen molar-refractivity contribution in [1.29, 1.82) is 0 Å². The maximum absolute atomic E-state index is 11.9. The van der Waals surface area contributed by atoms with E-state index in [4.69, 9.17) is 5.73 Å². The van der Waals surface area contributed by atoms with E-state index < -0.39 is 0 Å². The van der Waals surface area contributed by atoms with Gasteiger partial charge in [-0.25, -0.2) is 4.98 Å². The lowest BCUT2D eigenvalue weighted by molar-refractivity contribution is -0.117. The molecule has 5 heteroatoms. The first kappa shape index (κ1) is 12.8. The van der Waals surface area contributed by atoms with Crippen molar-refractivity contribution in [2.75, 3.05) is 5.32 Å². The number of hydrogen-bond acceptors (Lipinski definition) is 4. The van der Waals surface area contributed by atoms with Crippen molar-refractivity contribution in [2.45, 2.75) is 44.6 Å². The molecule has 1 aliphatic rings. The molecule has 0 unspecified atom stereocenters. The maximum atomic E-state index is 11.9. The van der Waals surface area contributed by atoms with E-state index in [2.05, 4.69) is 10.3 Å². The summed E-state index contributed by atoms with van der Waals surface area (Å²) in [5.74, 6) is 0.000778. The molecule has 2 rings (SSSR count). The Labute approximate surface area is 106 Å². The summed E-state index contributed by atoms with van der Waals surface area (Å²) in [4.78, 5) is 16.0. The van der Waals surface area contributed by atoms with Crippen molar-refractivity contribution in [1.82, 2.24) is 4.98 Å². The van der Waals surface area contributed by atoms with Crippen LogP contribution < -0.4 is 11.1 Å². The Balaban J connectivity index is 2.00. The lowest BCUT2D eigenvalue weighted by atomic mass is 9.94. The highest BCUT2D eigenvalue weighted by Gasteiger charge is 2.31. The summed E-state index contributed by atoms with van der Waals surface area (Å²) in [6, 6.07) is 3.21. The van der Waals surface area contributed by atoms with Gasteiger partial charge in [-0.3, -0.25) is 4.79 Å². The molecule has 4 N–H and O–H groups in total. The van der Waals surface area contributed by atoms with Crippen LogP contribution in [0, 0.1) is 6.92 Å². The number of nitrogens with one attached hydrogen (secondary N) is 1. The third-order valence-corrected chi connectivity index (χ3v) is 3.38. The van der Waals surface area contributed by atoms with Crippen LogP contribution in [0.1, 0.15) is 37.8 Å². The van der Waals surface area contributed by atoms with Crippen molar-refractivity contribution in [3.8, 4) is 5.75 Å². The molecular weight excluding hydrogens is 230 g/mol. The van der Waals surface area contributed by atoms with Gasteiger partial charge in [-0.1, -0.05) is 12.8 Å². The largest absolute Gasteiger partial charge is 0.504 e. The second kappa shape index (κ2) is 4.94. The number of amides is 1. The summed E-state index contributed by atoms with van der Waals surface area (Å²) in [6.07, 6.45) is 4.21. The molecule has 0 bridgehead atoms. The zero-order valence-corrected chi connectivity index (χ0v) is 10.6. The Kier molecular flexibility index (Phi) is 3.52. The number of aromatic hydroxyl groups is 1. The van der Waals surface area contributed by atoms with E-state index in [1.807, 2.05) is 0 Å². The van der Waals surface area contributed by atoms with Gasteiger partial charge in [0.05, 0.1) is 0 Å². The molecule has 1 aromatic heterocycles. The average molecular weight is 249 g/mol. The SMILES string of the molecule is Cc1ccc(O)c(NC(=O)CC2(N)CCCC2)n1. The first-order chi connectivity index (χ1) is 8.48. The molecule has 98 valence electrons. The van der Waals surface area contributed by atoms with Gasteiger partial charge in [0.25, 0.3) is 0 Å². The molecule has 0 aliphatic heterocycles. The quantitative estimate of drug-likeness (QED) is 0.760. The highest BCUT2D eigenvalue weighted by Crippen LogP contribution is 2.30. The lowest BCUT2D eigenvalue weighted by Gasteiger charge is -2.22. The third-order valence-electron chi connectivity index (χ3n) is 3.38. The Bertz CT molecular complexity index is 454. The number of rotatable bonds is 3. The van der Waals surface area contributed by atoms with E-state index in [-0.39, 0.29) is 29.4 Å². The minimum atomic E-state index is -0.385. The summed E-state index contributed by atoms with van der Waals surface area (Å²) in [5.41, 5.74) is 6.49. The van der Waals surface area contributed by atoms with E-state index >= 15 is 0 Å². The Hall–Kier alpha value is -1.62. The zero-order valence-electron chi connectivity index (χ0n) is 10.6. The van der Waals surface area contributed by atoms with Crippen LogP contribution in [0.2, 0.25) is 0 Å². The fraction of sp³-hybridized carbons (Fsp3) is 0.538. The first-order valence-corrected chi connectivity index (χ1v) is 6.24. The smallest absolute Gasteiger partial charge is 0.227 e. The number of pyridine rings is 1. The number of carbonyl (C=O) groups excluding carboxylic acids is 1. The van der Waals surface area contributed by atoms with Crippen LogP contribution in [-0.4, -0.2) is 21.5 Å². The summed E-state index contributed by atoms with van der Waals surface area (Å²) < 4.78 is 0. The third kappa shape index (κ3) is 2.98. The topological polar surface area (TPSA) is 88.2 Å². The lowest BCUT2D eigenvalue weighted by Crippen LogP contribution is -2.40. The van der Waals surface area contributed by atoms with Gasteiger partial charge in [-0.2, -0.15) is 0 Å². The molecule has 0 atom stereocenters. The number of carbonyl (C=O) groups is 1. The van der Waals surface area contributed by atoms with Gasteiger partial charge in [-0.15, -0.1) is 0 Å². The first-order valence-electron chi connectivity index (χ1n) is 6.24. The van der Waals surface area contributed by atoms with Crippen LogP contribution in [0.3, 0.4) is 0 Å². The molecule has 1 amide bonds. The van der Waals surface area contributed by atoms with Gasteiger partial charge in [0.1, 0.15) is 0 Å². The Morgan fingerprint density at radius 3 is 2.83 bits per heavy atom. The van der Waals surface area contributed by atoms with Crippen molar-refractivity contribution in [3.63, 3.8) is 0 Å². The number of nitrogens with two attached hydrogens (primary N) is 1. The van der Waals surface area contributed by atoms with Gasteiger partial charge < -0.3 is 16.2 Å². The standard InChI is InChI=1S/C13H19N3O2/c1-9-4-5-10(17)12(15-9)16-11(18)8-13(14)6-2-3-7-13/h4-5,17H,2-3,6-8,14H2,1H3,(H,15,16,18). The zero-order chi connectivity index (χ0) is 13.2. The molecular formula is C13H19N3O2. The molecule has 1 saturated carbocycles. The second-order valence-corrected chi connectivity index (χ2v) is 5.11. The van der Waals surface area contributed by atoms with Crippen molar-refractivity contribution < 1.29 is 9.90 Å². The predicted octanol–water partition coefficient (Wildman–Crippen LogP) is 1.70. The molecule has 18 heavy (non-hydrogen) atoms. The van der Waals surface area contributed by atoms with Crippen LogP contribution in [0.25, 0.3) is 0 Å². The van der Waals surface area contributed by atoms with Crippen LogP contribution >= 0.6 is 0 Å². The number of nitrogens with zero attached hydrogens (tertiary/aromatic N) is 1. The summed E-state index contributed by atoms with van der Waals surface area (Å²) in [7, 11) is 0.